The van der Waals surface area contributed by atoms with E-state index in [1.54, 1.807) is 24.2 Å². The third-order valence-electron chi connectivity index (χ3n) is 3.91. The van der Waals surface area contributed by atoms with Crippen LogP contribution in [-0.4, -0.2) is 33.1 Å². The van der Waals surface area contributed by atoms with Crippen LogP contribution in [0.1, 0.15) is 5.56 Å². The van der Waals surface area contributed by atoms with Crippen molar-refractivity contribution in [1.29, 1.82) is 0 Å². The van der Waals surface area contributed by atoms with Crippen molar-refractivity contribution in [1.82, 2.24) is 19.8 Å². The van der Waals surface area contributed by atoms with Gasteiger partial charge in [0.1, 0.15) is 12.1 Å². The van der Waals surface area contributed by atoms with Gasteiger partial charge < -0.3 is 4.74 Å². The Morgan fingerprint density at radius 2 is 1.88 bits per heavy atom. The van der Waals surface area contributed by atoms with E-state index in [9.17, 15) is 0 Å². The first-order valence-corrected chi connectivity index (χ1v) is 8.04. The third kappa shape index (κ3) is 2.98. The van der Waals surface area contributed by atoms with Gasteiger partial charge in [0.05, 0.1) is 7.11 Å². The van der Waals surface area contributed by atoms with Gasteiger partial charge in [-0.05, 0) is 18.2 Å². The fourth-order valence-corrected chi connectivity index (χ4v) is 2.70. The lowest BCUT2D eigenvalue weighted by molar-refractivity contribution is 0.414. The number of nitrogens with zero attached hydrogens (tertiary/aromatic N) is 5. The molecule has 1 N–H and O–H groups in total. The summed E-state index contributed by atoms with van der Waals surface area (Å²) in [6.45, 7) is 0. The molecule has 7 heteroatoms. The van der Waals surface area contributed by atoms with Gasteiger partial charge in [-0.25, -0.2) is 0 Å². The van der Waals surface area contributed by atoms with Gasteiger partial charge in [0.15, 0.2) is 11.5 Å². The first kappa shape index (κ1) is 15.8. The zero-order valence-electron chi connectivity index (χ0n) is 14.1. The lowest BCUT2D eigenvalue weighted by Crippen LogP contribution is -2.00. The van der Waals surface area contributed by atoms with E-state index in [1.165, 1.54) is 0 Å². The second-order valence-corrected chi connectivity index (χ2v) is 5.48. The molecular formula is C19H16N6O. The van der Waals surface area contributed by atoms with Gasteiger partial charge in [0.25, 0.3) is 0 Å². The van der Waals surface area contributed by atoms with E-state index in [-0.39, 0.29) is 0 Å². The van der Waals surface area contributed by atoms with Gasteiger partial charge in [0, 0.05) is 22.6 Å². The molecule has 0 spiro atoms. The SMILES string of the molecule is COc1ccccc1C=CC=NNc1nn2cnnc2c2ccccc12. The number of fused-ring (bicyclic) bond motifs is 3. The van der Waals surface area contributed by atoms with Crippen molar-refractivity contribution in [3.63, 3.8) is 0 Å². The van der Waals surface area contributed by atoms with E-state index in [2.05, 4.69) is 25.8 Å². The van der Waals surface area contributed by atoms with Crippen molar-refractivity contribution in [2.45, 2.75) is 0 Å². The minimum Gasteiger partial charge on any atom is -0.496 e. The van der Waals surface area contributed by atoms with Gasteiger partial charge in [-0.3, -0.25) is 5.43 Å². The molecule has 0 radical (unpaired) electrons. The standard InChI is InChI=1S/C19H16N6O/c1-26-17-11-5-2-7-14(17)8-6-12-20-22-18-15-9-3-4-10-16(15)19-23-21-13-25(19)24-18/h2-13H,1H3,(H,22,24). The maximum atomic E-state index is 5.32. The highest BCUT2D eigenvalue weighted by atomic mass is 16.5. The molecule has 0 amide bonds. The number of hydrazone groups is 1. The average Bonchev–Trinajstić information content (AvgIpc) is 3.17. The highest BCUT2D eigenvalue weighted by Gasteiger charge is 2.08. The Morgan fingerprint density at radius 1 is 1.08 bits per heavy atom. The molecule has 0 fully saturated rings. The maximum Gasteiger partial charge on any atom is 0.185 e. The molecule has 2 aromatic heterocycles. The predicted molar refractivity (Wildman–Crippen MR) is 102 cm³/mol. The van der Waals surface area contributed by atoms with E-state index in [0.29, 0.717) is 11.5 Å². The van der Waals surface area contributed by atoms with Gasteiger partial charge in [0.2, 0.25) is 0 Å². The van der Waals surface area contributed by atoms with Crippen LogP contribution in [0.4, 0.5) is 5.82 Å². The zero-order valence-corrected chi connectivity index (χ0v) is 14.1. The summed E-state index contributed by atoms with van der Waals surface area (Å²) in [7, 11) is 1.65. The van der Waals surface area contributed by atoms with Gasteiger partial charge in [-0.1, -0.05) is 42.5 Å². The largest absolute Gasteiger partial charge is 0.496 e. The van der Waals surface area contributed by atoms with E-state index >= 15 is 0 Å². The third-order valence-corrected chi connectivity index (χ3v) is 3.91. The lowest BCUT2D eigenvalue weighted by atomic mass is 10.2. The van der Waals surface area contributed by atoms with Crippen LogP contribution in [0.15, 0.2) is 66.0 Å². The van der Waals surface area contributed by atoms with E-state index in [1.807, 2.05) is 60.7 Å². The molecule has 128 valence electrons. The molecule has 2 aromatic carbocycles. The first-order chi connectivity index (χ1) is 12.9. The van der Waals surface area contributed by atoms with Crippen LogP contribution in [0.2, 0.25) is 0 Å². The molecule has 0 aliphatic heterocycles. The molecular weight excluding hydrogens is 328 g/mol. The fraction of sp³-hybridized carbons (Fsp3) is 0.0526. The normalized spacial score (nSPS) is 11.7. The number of nitrogens with one attached hydrogen (secondary N) is 1. The number of benzene rings is 2. The Morgan fingerprint density at radius 3 is 2.77 bits per heavy atom. The molecule has 0 atom stereocenters. The summed E-state index contributed by atoms with van der Waals surface area (Å²) in [6, 6.07) is 15.7. The Hall–Kier alpha value is -3.74. The van der Waals surface area contributed by atoms with Crippen molar-refractivity contribution in [2.75, 3.05) is 12.5 Å². The van der Waals surface area contributed by atoms with E-state index < -0.39 is 0 Å². The van der Waals surface area contributed by atoms with E-state index in [4.69, 9.17) is 4.74 Å². The molecule has 0 bridgehead atoms. The average molecular weight is 344 g/mol. The summed E-state index contributed by atoms with van der Waals surface area (Å²) in [5.74, 6) is 1.45. The van der Waals surface area contributed by atoms with Crippen molar-refractivity contribution < 1.29 is 4.74 Å². The maximum absolute atomic E-state index is 5.32. The van der Waals surface area contributed by atoms with Crippen LogP contribution in [0.5, 0.6) is 5.75 Å². The molecule has 0 aliphatic rings. The number of methoxy groups -OCH3 is 1. The number of anilines is 1. The van der Waals surface area contributed by atoms with Gasteiger partial charge in [-0.15, -0.1) is 15.3 Å². The Labute approximate surface area is 149 Å². The van der Waals surface area contributed by atoms with Crippen LogP contribution in [0, 0.1) is 0 Å². The molecule has 7 nitrogen and oxygen atoms in total. The molecule has 26 heavy (non-hydrogen) atoms. The van der Waals surface area contributed by atoms with Crippen LogP contribution in [0.25, 0.3) is 22.5 Å². The fourth-order valence-electron chi connectivity index (χ4n) is 2.70. The number of rotatable bonds is 5. The van der Waals surface area contributed by atoms with Gasteiger partial charge >= 0.3 is 0 Å². The van der Waals surface area contributed by atoms with Crippen molar-refractivity contribution in [3.05, 3.63) is 66.5 Å². The number of aromatic nitrogens is 4. The van der Waals surface area contributed by atoms with Crippen molar-refractivity contribution in [2.24, 2.45) is 5.10 Å². The predicted octanol–water partition coefficient (Wildman–Crippen LogP) is 3.40. The summed E-state index contributed by atoms with van der Waals surface area (Å²) < 4.78 is 6.95. The quantitative estimate of drug-likeness (QED) is 0.443. The smallest absolute Gasteiger partial charge is 0.185 e. The highest BCUT2D eigenvalue weighted by molar-refractivity contribution is 5.99. The van der Waals surface area contributed by atoms with Crippen LogP contribution < -0.4 is 10.2 Å². The molecule has 4 rings (SSSR count). The number of allylic oxidation sites excluding steroid dienone is 1. The molecule has 0 aliphatic carbocycles. The Bertz CT molecular complexity index is 1120. The first-order valence-electron chi connectivity index (χ1n) is 8.04. The summed E-state index contributed by atoms with van der Waals surface area (Å²) >= 11 is 0. The van der Waals surface area contributed by atoms with Crippen LogP contribution in [-0.2, 0) is 0 Å². The molecule has 2 heterocycles. The molecule has 0 unspecified atom stereocenters. The zero-order chi connectivity index (χ0) is 17.8. The van der Waals surface area contributed by atoms with E-state index in [0.717, 1.165) is 22.1 Å². The number of hydrogen-bond acceptors (Lipinski definition) is 6. The highest BCUT2D eigenvalue weighted by Crippen LogP contribution is 2.23. The molecule has 0 saturated heterocycles. The molecule has 4 aromatic rings. The summed E-state index contributed by atoms with van der Waals surface area (Å²) in [6.07, 6.45) is 7.00. The Kier molecular flexibility index (Phi) is 4.26. The number of para-hydroxylation sites is 1. The summed E-state index contributed by atoms with van der Waals surface area (Å²) in [4.78, 5) is 0. The Balaban J connectivity index is 1.57. The molecule has 0 saturated carbocycles. The van der Waals surface area contributed by atoms with Crippen molar-refractivity contribution >= 4 is 34.5 Å². The minimum atomic E-state index is 0.634. The summed E-state index contributed by atoms with van der Waals surface area (Å²) in [5, 5.41) is 18.6. The van der Waals surface area contributed by atoms with Crippen molar-refractivity contribution in [3.8, 4) is 5.75 Å². The lowest BCUT2D eigenvalue weighted by Gasteiger charge is -2.05. The topological polar surface area (TPSA) is 76.7 Å². The number of hydrogen-bond donors (Lipinski definition) is 1. The van der Waals surface area contributed by atoms with Crippen LogP contribution >= 0.6 is 0 Å². The monoisotopic (exact) mass is 344 g/mol. The van der Waals surface area contributed by atoms with Gasteiger partial charge in [-0.2, -0.15) is 9.62 Å². The minimum absolute atomic E-state index is 0.634. The second-order valence-electron chi connectivity index (χ2n) is 5.48. The second kappa shape index (κ2) is 7.02. The number of ether oxygens (including phenoxy) is 1. The van der Waals surface area contributed by atoms with Crippen LogP contribution in [0.3, 0.4) is 0 Å². The summed E-state index contributed by atoms with van der Waals surface area (Å²) in [5.41, 5.74) is 4.68.